The van der Waals surface area contributed by atoms with Gasteiger partial charge in [-0.2, -0.15) is 17.5 Å². The molecule has 2 saturated heterocycles. The van der Waals surface area contributed by atoms with Gasteiger partial charge in [0.25, 0.3) is 5.91 Å². The summed E-state index contributed by atoms with van der Waals surface area (Å²) in [7, 11) is -3.78. The third kappa shape index (κ3) is 10.1. The number of hydrogen-bond donors (Lipinski definition) is 1. The second-order valence-electron chi connectivity index (χ2n) is 13.6. The number of halogens is 3. The summed E-state index contributed by atoms with van der Waals surface area (Å²) in [6.07, 6.45) is 1.47. The van der Waals surface area contributed by atoms with Crippen molar-refractivity contribution in [2.24, 2.45) is 4.99 Å². The number of unbranched alkanes of at least 4 members (excludes halogenated alkanes) is 5. The van der Waals surface area contributed by atoms with E-state index in [2.05, 4.69) is 5.32 Å². The number of alkyl halides is 3. The summed E-state index contributed by atoms with van der Waals surface area (Å²) in [5.41, 5.74) is 2.10. The number of carbonyl (C=O) groups excluding carboxylic acids is 2. The van der Waals surface area contributed by atoms with E-state index in [0.29, 0.717) is 37.5 Å². The lowest BCUT2D eigenvalue weighted by Gasteiger charge is -2.34. The molecule has 0 unspecified atom stereocenters. The van der Waals surface area contributed by atoms with E-state index in [-0.39, 0.29) is 50.3 Å². The number of amidine groups is 1. The number of aryl methyl sites for hydroxylation is 2. The minimum Gasteiger partial charge on any atom is -0.348 e. The second kappa shape index (κ2) is 15.4. The Balaban J connectivity index is 1.30. The molecule has 0 aliphatic carbocycles. The average Bonchev–Trinajstić information content (AvgIpc) is 3.48. The number of aliphatic imine (C=N–C) groups is 1. The maximum Gasteiger partial charge on any atom is 0.389 e. The Bertz CT molecular complexity index is 1480. The van der Waals surface area contributed by atoms with Crippen LogP contribution < -0.4 is 10.2 Å². The first-order valence-electron chi connectivity index (χ1n) is 16.8. The first-order valence-corrected chi connectivity index (χ1v) is 18.3. The molecule has 10 nitrogen and oxygen atoms in total. The molecule has 0 radical (unpaired) electrons. The van der Waals surface area contributed by atoms with Gasteiger partial charge >= 0.3 is 6.18 Å². The van der Waals surface area contributed by atoms with Crippen molar-refractivity contribution in [2.45, 2.75) is 122 Å². The third-order valence-electron chi connectivity index (χ3n) is 9.19. The van der Waals surface area contributed by atoms with Gasteiger partial charge in [-0.25, -0.2) is 8.42 Å². The van der Waals surface area contributed by atoms with Crippen LogP contribution in [0.5, 0.6) is 0 Å². The molecular formula is C34H49F3N4O6S. The van der Waals surface area contributed by atoms with Gasteiger partial charge in [-0.15, -0.1) is 0 Å². The highest BCUT2D eigenvalue weighted by Crippen LogP contribution is 2.33. The summed E-state index contributed by atoms with van der Waals surface area (Å²) < 4.78 is 76.3. The zero-order valence-electron chi connectivity index (χ0n) is 28.6. The lowest BCUT2D eigenvalue weighted by molar-refractivity contribution is -0.138. The summed E-state index contributed by atoms with van der Waals surface area (Å²) in [5, 5.41) is 4.06. The van der Waals surface area contributed by atoms with E-state index >= 15 is 0 Å². The summed E-state index contributed by atoms with van der Waals surface area (Å²) >= 11 is 0. The molecular weight excluding hydrogens is 649 g/mol. The highest BCUT2D eigenvalue weighted by molar-refractivity contribution is 7.92. The van der Waals surface area contributed by atoms with Crippen LogP contribution in [0, 0.1) is 13.8 Å². The molecule has 2 amide bonds. The number of rotatable bonds is 14. The summed E-state index contributed by atoms with van der Waals surface area (Å²) in [6, 6.07) is 3.72. The van der Waals surface area contributed by atoms with Crippen molar-refractivity contribution in [3.63, 3.8) is 0 Å². The first-order chi connectivity index (χ1) is 22.4. The predicted octanol–water partition coefficient (Wildman–Crippen LogP) is 6.15. The second-order valence-corrected chi connectivity index (χ2v) is 15.4. The maximum atomic E-state index is 13.3. The lowest BCUT2D eigenvalue weighted by atomic mass is 9.89. The summed E-state index contributed by atoms with van der Waals surface area (Å²) in [4.78, 5) is 31.8. The van der Waals surface area contributed by atoms with Gasteiger partial charge in [-0.05, 0) is 88.3 Å². The number of piperidine rings is 1. The van der Waals surface area contributed by atoms with Crippen LogP contribution in [0.3, 0.4) is 0 Å². The van der Waals surface area contributed by atoms with Crippen LogP contribution in [0.25, 0.3) is 6.08 Å². The topological polar surface area (TPSA) is 118 Å². The number of nitrogens with zero attached hydrogens (tertiary/aromatic N) is 3. The quantitative estimate of drug-likeness (QED) is 0.233. The van der Waals surface area contributed by atoms with Gasteiger partial charge < -0.3 is 19.7 Å². The van der Waals surface area contributed by atoms with Gasteiger partial charge in [-0.1, -0.05) is 25.7 Å². The molecule has 1 N–H and O–H groups in total. The molecule has 0 bridgehead atoms. The number of anilines is 1. The van der Waals surface area contributed by atoms with Crippen molar-refractivity contribution in [2.75, 3.05) is 31.1 Å². The average molecular weight is 699 g/mol. The van der Waals surface area contributed by atoms with E-state index in [1.54, 1.807) is 11.0 Å². The molecule has 4 rings (SSSR count). The van der Waals surface area contributed by atoms with Crippen molar-refractivity contribution in [3.05, 3.63) is 34.2 Å². The molecule has 1 aromatic rings. The molecule has 48 heavy (non-hydrogen) atoms. The predicted molar refractivity (Wildman–Crippen MR) is 179 cm³/mol. The Morgan fingerprint density at radius 3 is 2.25 bits per heavy atom. The van der Waals surface area contributed by atoms with E-state index < -0.39 is 33.9 Å². The Morgan fingerprint density at radius 1 is 1.08 bits per heavy atom. The molecule has 268 valence electrons. The molecule has 3 heterocycles. The standard InChI is InChI=1S/C34H49F3N4O6S/c1-24-20-27(41(26(3)42)22-28-23-46-32(4,5)47-28)21-25(2)29(24)13-19-48(44,45)40-17-15-33(16-18-40)31(43)38-30(39-33)12-10-8-6-7-9-11-14-34(35,36)37/h13,19-21,28H,6-12,14-18,22-23H2,1-5H3,(H,38,39,43)/b19-13+/t28-/m0/s1. The molecule has 0 aromatic heterocycles. The summed E-state index contributed by atoms with van der Waals surface area (Å²) in [5.74, 6) is -0.457. The number of hydrogen-bond acceptors (Lipinski definition) is 7. The van der Waals surface area contributed by atoms with E-state index in [0.717, 1.165) is 42.4 Å². The van der Waals surface area contributed by atoms with Crippen LogP contribution in [-0.4, -0.2) is 80.2 Å². The Kier molecular flexibility index (Phi) is 12.2. The number of amides is 2. The molecule has 0 saturated carbocycles. The molecule has 3 aliphatic rings. The zero-order valence-corrected chi connectivity index (χ0v) is 29.4. The van der Waals surface area contributed by atoms with Crippen LogP contribution in [-0.2, 0) is 29.1 Å². The van der Waals surface area contributed by atoms with E-state index in [1.165, 1.54) is 16.6 Å². The molecule has 14 heteroatoms. The van der Waals surface area contributed by atoms with Gasteiger partial charge in [0.15, 0.2) is 5.79 Å². The molecule has 1 aromatic carbocycles. The largest absolute Gasteiger partial charge is 0.389 e. The fourth-order valence-corrected chi connectivity index (χ4v) is 7.73. The molecule has 1 atom stereocenters. The van der Waals surface area contributed by atoms with Gasteiger partial charge in [-0.3, -0.25) is 14.6 Å². The number of benzene rings is 1. The van der Waals surface area contributed by atoms with Gasteiger partial charge in [0.05, 0.1) is 13.2 Å². The first kappa shape index (κ1) is 38.0. The van der Waals surface area contributed by atoms with Crippen LogP contribution in [0.15, 0.2) is 22.5 Å². The van der Waals surface area contributed by atoms with Gasteiger partial charge in [0.2, 0.25) is 15.9 Å². The SMILES string of the molecule is CC(=O)N(C[C@H]1COC(C)(C)O1)c1cc(C)c(/C=C/S(=O)(=O)N2CCC3(CC2)N=C(CCCCCCCCC(F)(F)F)NC3=O)c(C)c1. The van der Waals surface area contributed by atoms with E-state index in [1.807, 2.05) is 39.8 Å². The van der Waals surface area contributed by atoms with Crippen LogP contribution in [0.1, 0.15) is 102 Å². The number of sulfonamides is 1. The Labute approximate surface area is 282 Å². The smallest absolute Gasteiger partial charge is 0.348 e. The monoisotopic (exact) mass is 698 g/mol. The van der Waals surface area contributed by atoms with Gasteiger partial charge in [0.1, 0.15) is 17.5 Å². The third-order valence-corrected chi connectivity index (χ3v) is 10.8. The van der Waals surface area contributed by atoms with Crippen molar-refractivity contribution in [1.82, 2.24) is 9.62 Å². The number of ether oxygens (including phenoxy) is 2. The summed E-state index contributed by atoms with van der Waals surface area (Å²) in [6.45, 7) is 9.92. The van der Waals surface area contributed by atoms with Crippen LogP contribution >= 0.6 is 0 Å². The molecule has 2 fully saturated rings. The van der Waals surface area contributed by atoms with Crippen molar-refractivity contribution in [1.29, 1.82) is 0 Å². The zero-order chi connectivity index (χ0) is 35.3. The van der Waals surface area contributed by atoms with Gasteiger partial charge in [0, 0.05) is 44.0 Å². The van der Waals surface area contributed by atoms with Crippen molar-refractivity contribution in [3.8, 4) is 0 Å². The van der Waals surface area contributed by atoms with E-state index in [4.69, 9.17) is 14.5 Å². The fourth-order valence-electron chi connectivity index (χ4n) is 6.56. The van der Waals surface area contributed by atoms with Crippen molar-refractivity contribution >= 4 is 39.4 Å². The number of carbonyl (C=O) groups is 2. The van der Waals surface area contributed by atoms with Crippen LogP contribution in [0.2, 0.25) is 0 Å². The minimum absolute atomic E-state index is 0.139. The normalized spacial score (nSPS) is 21.2. The fraction of sp³-hybridized carbons (Fsp3) is 0.676. The van der Waals surface area contributed by atoms with Crippen molar-refractivity contribution < 1.29 is 40.7 Å². The number of nitrogens with one attached hydrogen (secondary N) is 1. The van der Waals surface area contributed by atoms with E-state index in [9.17, 15) is 31.2 Å². The Hall–Kier alpha value is -2.81. The maximum absolute atomic E-state index is 13.3. The lowest BCUT2D eigenvalue weighted by Crippen LogP contribution is -2.50. The Morgan fingerprint density at radius 2 is 1.69 bits per heavy atom. The highest BCUT2D eigenvalue weighted by atomic mass is 32.2. The minimum atomic E-state index is -4.10. The molecule has 3 aliphatic heterocycles. The molecule has 1 spiro atoms. The highest BCUT2D eigenvalue weighted by Gasteiger charge is 2.47. The van der Waals surface area contributed by atoms with Crippen LogP contribution in [0.4, 0.5) is 18.9 Å².